The number of fused-ring (bicyclic) bond motifs is 1. The molecule has 37 heavy (non-hydrogen) atoms. The lowest BCUT2D eigenvalue weighted by atomic mass is 10.3. The van der Waals surface area contributed by atoms with Gasteiger partial charge in [-0.2, -0.15) is 31.4 Å². The van der Waals surface area contributed by atoms with Gasteiger partial charge in [0.15, 0.2) is 0 Å². The summed E-state index contributed by atoms with van der Waals surface area (Å²) in [7, 11) is 1.97. The second-order valence-corrected chi connectivity index (χ2v) is 8.36. The van der Waals surface area contributed by atoms with Crippen LogP contribution in [0.4, 0.5) is 26.3 Å². The average Bonchev–Trinajstić information content (AvgIpc) is 3.49. The molecule has 2 aliphatic rings. The van der Waals surface area contributed by atoms with Crippen LogP contribution in [0, 0.1) is 0 Å². The number of aliphatic carboxylic acids is 2. The summed E-state index contributed by atoms with van der Waals surface area (Å²) in [4.78, 5) is 22.7. The number of carbonyl (C=O) groups is 2. The van der Waals surface area contributed by atoms with E-state index in [0.29, 0.717) is 0 Å². The molecular formula is C20H27F6N7O4. The monoisotopic (exact) mass is 543 g/mol. The molecular weight excluding hydrogens is 516 g/mol. The molecule has 0 aliphatic carbocycles. The minimum absolute atomic E-state index is 0.877. The van der Waals surface area contributed by atoms with E-state index < -0.39 is 24.3 Å². The van der Waals surface area contributed by atoms with Gasteiger partial charge in [0.25, 0.3) is 0 Å². The highest BCUT2D eigenvalue weighted by Gasteiger charge is 2.38. The van der Waals surface area contributed by atoms with Crippen LogP contribution in [0.25, 0.3) is 0 Å². The van der Waals surface area contributed by atoms with Crippen molar-refractivity contribution in [3.05, 3.63) is 29.6 Å². The first-order chi connectivity index (χ1) is 17.2. The van der Waals surface area contributed by atoms with Crippen LogP contribution in [0.2, 0.25) is 0 Å². The lowest BCUT2D eigenvalue weighted by molar-refractivity contribution is -0.193. The van der Waals surface area contributed by atoms with Gasteiger partial charge < -0.3 is 14.8 Å². The van der Waals surface area contributed by atoms with Crippen LogP contribution in [0.5, 0.6) is 0 Å². The molecule has 17 heteroatoms. The highest BCUT2D eigenvalue weighted by molar-refractivity contribution is 5.73. The normalized spacial score (nSPS) is 16.6. The van der Waals surface area contributed by atoms with Crippen molar-refractivity contribution in [3.8, 4) is 0 Å². The van der Waals surface area contributed by atoms with Gasteiger partial charge in [-0.25, -0.2) is 9.59 Å². The Hall–Kier alpha value is -3.21. The number of halogens is 6. The molecule has 0 atom stereocenters. The van der Waals surface area contributed by atoms with Gasteiger partial charge in [0, 0.05) is 38.4 Å². The predicted molar refractivity (Wildman–Crippen MR) is 114 cm³/mol. The summed E-state index contributed by atoms with van der Waals surface area (Å²) in [6, 6.07) is 0. The number of hydrogen-bond donors (Lipinski definition) is 2. The Morgan fingerprint density at radius 1 is 0.865 bits per heavy atom. The maximum Gasteiger partial charge on any atom is 0.490 e. The van der Waals surface area contributed by atoms with Gasteiger partial charge in [-0.15, -0.1) is 10.2 Å². The lowest BCUT2D eigenvalue weighted by Gasteiger charge is -2.17. The molecule has 0 amide bonds. The summed E-state index contributed by atoms with van der Waals surface area (Å²) in [5, 5.41) is 27.5. The lowest BCUT2D eigenvalue weighted by Crippen LogP contribution is -2.23. The predicted octanol–water partition coefficient (Wildman–Crippen LogP) is 2.28. The van der Waals surface area contributed by atoms with Crippen molar-refractivity contribution in [1.29, 1.82) is 0 Å². The molecule has 2 aliphatic heterocycles. The number of likely N-dealkylation sites (tertiary alicyclic amines) is 1. The molecule has 0 spiro atoms. The zero-order valence-corrected chi connectivity index (χ0v) is 19.8. The third-order valence-corrected chi connectivity index (χ3v) is 5.34. The number of carboxylic acid groups (broad SMARTS) is 2. The van der Waals surface area contributed by atoms with Crippen LogP contribution in [0.3, 0.4) is 0 Å². The van der Waals surface area contributed by atoms with Gasteiger partial charge in [-0.3, -0.25) is 14.5 Å². The van der Waals surface area contributed by atoms with E-state index in [1.165, 1.54) is 31.5 Å². The van der Waals surface area contributed by atoms with Crippen LogP contribution in [-0.2, 0) is 42.8 Å². The van der Waals surface area contributed by atoms with E-state index in [1.54, 1.807) is 0 Å². The highest BCUT2D eigenvalue weighted by Crippen LogP contribution is 2.18. The Labute approximate surface area is 207 Å². The zero-order chi connectivity index (χ0) is 27.8. The summed E-state index contributed by atoms with van der Waals surface area (Å²) in [5.74, 6) is -3.26. The first-order valence-electron chi connectivity index (χ1n) is 11.1. The number of rotatable bonds is 4. The molecule has 208 valence electrons. The molecule has 0 saturated carbocycles. The first kappa shape index (κ1) is 30.0. The third kappa shape index (κ3) is 9.99. The summed E-state index contributed by atoms with van der Waals surface area (Å²) < 4.78 is 67.7. The van der Waals surface area contributed by atoms with E-state index >= 15 is 0 Å². The van der Waals surface area contributed by atoms with Gasteiger partial charge in [0.2, 0.25) is 0 Å². The fourth-order valence-electron chi connectivity index (χ4n) is 3.68. The number of carboxylic acids is 2. The standard InChI is InChI=1S/C16H25N7.2C2HF3O2/c1-20-10-14(9-17-20)11-22-7-4-8-23-15(18-19-16(23)13-22)12-21-5-2-3-6-21;2*3-2(4,5)1(6)7/h9-10H,2-8,11-13H2,1H3;2*(H,6,7). The van der Waals surface area contributed by atoms with Crippen molar-refractivity contribution < 1.29 is 46.1 Å². The second kappa shape index (κ2) is 12.8. The van der Waals surface area contributed by atoms with Crippen LogP contribution in [0.1, 0.15) is 36.5 Å². The van der Waals surface area contributed by atoms with Gasteiger partial charge in [-0.1, -0.05) is 0 Å². The molecule has 2 N–H and O–H groups in total. The maximum atomic E-state index is 10.6. The largest absolute Gasteiger partial charge is 0.490 e. The van der Waals surface area contributed by atoms with Gasteiger partial charge >= 0.3 is 24.3 Å². The summed E-state index contributed by atoms with van der Waals surface area (Å²) in [6.07, 6.45) is -2.33. The van der Waals surface area contributed by atoms with E-state index in [2.05, 4.69) is 35.9 Å². The van der Waals surface area contributed by atoms with Crippen LogP contribution < -0.4 is 0 Å². The van der Waals surface area contributed by atoms with E-state index in [1.807, 2.05) is 17.9 Å². The van der Waals surface area contributed by atoms with Crippen molar-refractivity contribution in [3.63, 3.8) is 0 Å². The quantitative estimate of drug-likeness (QED) is 0.558. The molecule has 1 fully saturated rings. The van der Waals surface area contributed by atoms with Gasteiger partial charge in [0.1, 0.15) is 11.6 Å². The molecule has 4 rings (SSSR count). The average molecular weight is 543 g/mol. The van der Waals surface area contributed by atoms with E-state index in [0.717, 1.165) is 50.8 Å². The van der Waals surface area contributed by atoms with Crippen molar-refractivity contribution in [1.82, 2.24) is 34.3 Å². The van der Waals surface area contributed by atoms with E-state index in [9.17, 15) is 26.3 Å². The van der Waals surface area contributed by atoms with E-state index in [4.69, 9.17) is 19.8 Å². The molecule has 0 bridgehead atoms. The summed E-state index contributed by atoms with van der Waals surface area (Å²) in [6.45, 7) is 7.31. The number of aromatic nitrogens is 5. The molecule has 4 heterocycles. The minimum atomic E-state index is -5.08. The smallest absolute Gasteiger partial charge is 0.475 e. The fraction of sp³-hybridized carbons (Fsp3) is 0.650. The summed E-state index contributed by atoms with van der Waals surface area (Å²) >= 11 is 0. The SMILES string of the molecule is Cn1cc(CN2CCCn3c(CN4CCCC4)nnc3C2)cn1.O=C(O)C(F)(F)F.O=C(O)C(F)(F)F. The number of hydrogen-bond acceptors (Lipinski definition) is 7. The van der Waals surface area contributed by atoms with Gasteiger partial charge in [0.05, 0.1) is 19.3 Å². The molecule has 2 aromatic rings. The van der Waals surface area contributed by atoms with Crippen molar-refractivity contribution in [2.24, 2.45) is 7.05 Å². The third-order valence-electron chi connectivity index (χ3n) is 5.34. The Morgan fingerprint density at radius 3 is 1.89 bits per heavy atom. The van der Waals surface area contributed by atoms with Crippen LogP contribution >= 0.6 is 0 Å². The fourth-order valence-corrected chi connectivity index (χ4v) is 3.68. The number of nitrogens with zero attached hydrogens (tertiary/aromatic N) is 7. The Morgan fingerprint density at radius 2 is 1.41 bits per heavy atom. The highest BCUT2D eigenvalue weighted by atomic mass is 19.4. The maximum absolute atomic E-state index is 10.6. The molecule has 1 saturated heterocycles. The Balaban J connectivity index is 0.000000286. The Kier molecular flexibility index (Phi) is 10.4. The number of aryl methyl sites for hydroxylation is 1. The topological polar surface area (TPSA) is 130 Å². The van der Waals surface area contributed by atoms with Crippen molar-refractivity contribution in [2.45, 2.75) is 57.8 Å². The van der Waals surface area contributed by atoms with Crippen LogP contribution in [-0.4, -0.2) is 88.5 Å². The molecule has 0 unspecified atom stereocenters. The molecule has 0 radical (unpaired) electrons. The molecule has 2 aromatic heterocycles. The summed E-state index contributed by atoms with van der Waals surface area (Å²) in [5.41, 5.74) is 1.26. The first-order valence-corrected chi connectivity index (χ1v) is 11.1. The van der Waals surface area contributed by atoms with Crippen LogP contribution in [0.15, 0.2) is 12.4 Å². The molecule has 11 nitrogen and oxygen atoms in total. The second-order valence-electron chi connectivity index (χ2n) is 8.36. The Bertz CT molecular complexity index is 1010. The zero-order valence-electron chi connectivity index (χ0n) is 19.8. The van der Waals surface area contributed by atoms with E-state index in [-0.39, 0.29) is 0 Å². The van der Waals surface area contributed by atoms with Crippen molar-refractivity contribution in [2.75, 3.05) is 19.6 Å². The molecule has 0 aromatic carbocycles. The number of alkyl halides is 6. The van der Waals surface area contributed by atoms with Gasteiger partial charge in [-0.05, 0) is 32.4 Å². The minimum Gasteiger partial charge on any atom is -0.475 e. The van der Waals surface area contributed by atoms with Crippen molar-refractivity contribution >= 4 is 11.9 Å².